The van der Waals surface area contributed by atoms with Crippen molar-refractivity contribution in [2.45, 2.75) is 51.9 Å². The summed E-state index contributed by atoms with van der Waals surface area (Å²) in [6, 6.07) is 0. The Kier molecular flexibility index (Phi) is 9.68. The zero-order valence-electron chi connectivity index (χ0n) is 9.31. The molecule has 0 unspecified atom stereocenters. The number of alkyl halides is 2. The largest absolute Gasteiger partial charge is 0.375 e. The van der Waals surface area contributed by atoms with Crippen molar-refractivity contribution in [1.82, 2.24) is 0 Å². The van der Waals surface area contributed by atoms with E-state index in [4.69, 9.17) is 0 Å². The molecule has 2 nitrogen and oxygen atoms in total. The van der Waals surface area contributed by atoms with Gasteiger partial charge in [-0.1, -0.05) is 26.2 Å². The van der Waals surface area contributed by atoms with Gasteiger partial charge >= 0.3 is 0 Å². The summed E-state index contributed by atoms with van der Waals surface area (Å²) < 4.78 is 27.9. The summed E-state index contributed by atoms with van der Waals surface area (Å²) in [5.41, 5.74) is 0. The number of ether oxygens (including phenoxy) is 1. The van der Waals surface area contributed by atoms with Gasteiger partial charge in [-0.2, -0.15) is 0 Å². The molecule has 0 aliphatic carbocycles. The maximum atomic E-state index is 11.6. The molecule has 0 heterocycles. The third-order valence-corrected chi connectivity index (χ3v) is 2.08. The minimum atomic E-state index is -2.44. The third kappa shape index (κ3) is 11.4. The number of carbonyl (C=O) groups excluding carboxylic acids is 1. The molecule has 0 aromatic carbocycles. The number of Topliss-reactive ketones (excluding diaryl/α,β-unsaturated/α-hetero) is 1. The lowest BCUT2D eigenvalue weighted by molar-refractivity contribution is -0.120. The first-order valence-electron chi connectivity index (χ1n) is 5.54. The Morgan fingerprint density at radius 1 is 1.20 bits per heavy atom. The predicted octanol–water partition coefficient (Wildman–Crippen LogP) is 3.20. The van der Waals surface area contributed by atoms with E-state index in [2.05, 4.69) is 11.7 Å². The van der Waals surface area contributed by atoms with Gasteiger partial charge in [0.1, 0.15) is 12.4 Å². The van der Waals surface area contributed by atoms with Gasteiger partial charge < -0.3 is 4.74 Å². The lowest BCUT2D eigenvalue weighted by Gasteiger charge is -2.03. The van der Waals surface area contributed by atoms with E-state index in [9.17, 15) is 13.6 Å². The Morgan fingerprint density at radius 3 is 2.53 bits per heavy atom. The Morgan fingerprint density at radius 2 is 1.93 bits per heavy atom. The molecule has 4 heteroatoms. The first-order chi connectivity index (χ1) is 7.16. The highest BCUT2D eigenvalue weighted by atomic mass is 19.3. The molecule has 0 amide bonds. The van der Waals surface area contributed by atoms with Gasteiger partial charge in [-0.15, -0.1) is 0 Å². The monoisotopic (exact) mass is 222 g/mol. The molecule has 15 heavy (non-hydrogen) atoms. The van der Waals surface area contributed by atoms with Gasteiger partial charge in [-0.05, 0) is 6.42 Å². The molecule has 0 N–H and O–H groups in total. The fourth-order valence-corrected chi connectivity index (χ4v) is 1.23. The van der Waals surface area contributed by atoms with E-state index >= 15 is 0 Å². The smallest absolute Gasteiger partial charge is 0.261 e. The quantitative estimate of drug-likeness (QED) is 0.530. The van der Waals surface area contributed by atoms with Crippen LogP contribution in [0.1, 0.15) is 45.4 Å². The van der Waals surface area contributed by atoms with Crippen LogP contribution < -0.4 is 0 Å². The normalized spacial score (nSPS) is 10.9. The number of hydrogen-bond donors (Lipinski definition) is 0. The Labute approximate surface area is 90.0 Å². The summed E-state index contributed by atoms with van der Waals surface area (Å²) in [5.74, 6) is 0.111. The van der Waals surface area contributed by atoms with Gasteiger partial charge in [0.15, 0.2) is 0 Å². The van der Waals surface area contributed by atoms with Crippen molar-refractivity contribution in [2.24, 2.45) is 0 Å². The maximum Gasteiger partial charge on any atom is 0.261 e. The SMILES string of the molecule is CCCCCCC(=O)CCOCC(F)F. The molecule has 0 aromatic rings. The summed E-state index contributed by atoms with van der Waals surface area (Å²) in [4.78, 5) is 11.2. The van der Waals surface area contributed by atoms with Crippen molar-refractivity contribution in [3.63, 3.8) is 0 Å². The highest BCUT2D eigenvalue weighted by Crippen LogP contribution is 2.04. The zero-order valence-corrected chi connectivity index (χ0v) is 9.31. The van der Waals surface area contributed by atoms with Crippen LogP contribution in [0.25, 0.3) is 0 Å². The Bertz CT molecular complexity index is 161. The first-order valence-corrected chi connectivity index (χ1v) is 5.54. The second-order valence-electron chi connectivity index (χ2n) is 3.57. The van der Waals surface area contributed by atoms with E-state index in [1.165, 1.54) is 0 Å². The lowest BCUT2D eigenvalue weighted by Crippen LogP contribution is -2.09. The number of halogens is 2. The van der Waals surface area contributed by atoms with Crippen molar-refractivity contribution in [2.75, 3.05) is 13.2 Å². The number of ketones is 1. The zero-order chi connectivity index (χ0) is 11.5. The second-order valence-corrected chi connectivity index (χ2v) is 3.57. The van der Waals surface area contributed by atoms with E-state index in [-0.39, 0.29) is 18.8 Å². The van der Waals surface area contributed by atoms with Crippen LogP contribution in [0.3, 0.4) is 0 Å². The van der Waals surface area contributed by atoms with Crippen LogP contribution in [0.2, 0.25) is 0 Å². The molecule has 0 atom stereocenters. The number of unbranched alkanes of at least 4 members (excludes halogenated alkanes) is 3. The van der Waals surface area contributed by atoms with Crippen molar-refractivity contribution in [3.8, 4) is 0 Å². The molecule has 0 saturated heterocycles. The lowest BCUT2D eigenvalue weighted by atomic mass is 10.1. The van der Waals surface area contributed by atoms with Crippen LogP contribution in [0.4, 0.5) is 8.78 Å². The van der Waals surface area contributed by atoms with Gasteiger partial charge in [0.05, 0.1) is 6.61 Å². The fraction of sp³-hybridized carbons (Fsp3) is 0.909. The van der Waals surface area contributed by atoms with E-state index < -0.39 is 13.0 Å². The van der Waals surface area contributed by atoms with Crippen LogP contribution >= 0.6 is 0 Å². The van der Waals surface area contributed by atoms with Gasteiger partial charge in [-0.25, -0.2) is 8.78 Å². The molecule has 0 spiro atoms. The standard InChI is InChI=1S/C11H20F2O2/c1-2-3-4-5-6-10(14)7-8-15-9-11(12)13/h11H,2-9H2,1H3. The van der Waals surface area contributed by atoms with Gasteiger partial charge in [0.2, 0.25) is 0 Å². The summed E-state index contributed by atoms with van der Waals surface area (Å²) in [7, 11) is 0. The number of hydrogen-bond acceptors (Lipinski definition) is 2. The van der Waals surface area contributed by atoms with Crippen molar-refractivity contribution >= 4 is 5.78 Å². The summed E-state index contributed by atoms with van der Waals surface area (Å²) >= 11 is 0. The molecule has 90 valence electrons. The molecule has 0 aliphatic heterocycles. The molecule has 0 rings (SSSR count). The van der Waals surface area contributed by atoms with Crippen molar-refractivity contribution < 1.29 is 18.3 Å². The van der Waals surface area contributed by atoms with E-state index in [1.54, 1.807) is 0 Å². The van der Waals surface area contributed by atoms with Gasteiger partial charge in [-0.3, -0.25) is 4.79 Å². The molecular formula is C11H20F2O2. The molecule has 0 aromatic heterocycles. The van der Waals surface area contributed by atoms with Crippen LogP contribution in [0.5, 0.6) is 0 Å². The minimum absolute atomic E-state index is 0.111. The third-order valence-electron chi connectivity index (χ3n) is 2.08. The second kappa shape index (κ2) is 10.0. The molecule has 0 aliphatic rings. The summed E-state index contributed by atoms with van der Waals surface area (Å²) in [6.07, 6.45) is 2.64. The summed E-state index contributed by atoms with van der Waals surface area (Å²) in [5, 5.41) is 0. The predicted molar refractivity (Wildman–Crippen MR) is 55.2 cm³/mol. The minimum Gasteiger partial charge on any atom is -0.375 e. The average Bonchev–Trinajstić information content (AvgIpc) is 2.19. The van der Waals surface area contributed by atoms with E-state index in [0.29, 0.717) is 6.42 Å². The van der Waals surface area contributed by atoms with Crippen LogP contribution in [-0.2, 0) is 9.53 Å². The van der Waals surface area contributed by atoms with Crippen LogP contribution in [0, 0.1) is 0 Å². The van der Waals surface area contributed by atoms with Gasteiger partial charge in [0.25, 0.3) is 6.43 Å². The Balaban J connectivity index is 3.19. The highest BCUT2D eigenvalue weighted by Gasteiger charge is 2.04. The Hall–Kier alpha value is -0.510. The van der Waals surface area contributed by atoms with Crippen LogP contribution in [0.15, 0.2) is 0 Å². The highest BCUT2D eigenvalue weighted by molar-refractivity contribution is 5.78. The van der Waals surface area contributed by atoms with Crippen LogP contribution in [-0.4, -0.2) is 25.4 Å². The molecule has 0 saturated carbocycles. The molecular weight excluding hydrogens is 202 g/mol. The van der Waals surface area contributed by atoms with Crippen molar-refractivity contribution in [3.05, 3.63) is 0 Å². The van der Waals surface area contributed by atoms with E-state index in [1.807, 2.05) is 0 Å². The molecule has 0 bridgehead atoms. The van der Waals surface area contributed by atoms with Crippen molar-refractivity contribution in [1.29, 1.82) is 0 Å². The number of carbonyl (C=O) groups is 1. The first kappa shape index (κ1) is 14.5. The van der Waals surface area contributed by atoms with Gasteiger partial charge in [0, 0.05) is 12.8 Å². The van der Waals surface area contributed by atoms with E-state index in [0.717, 1.165) is 25.7 Å². The maximum absolute atomic E-state index is 11.6. The molecule has 0 radical (unpaired) electrons. The topological polar surface area (TPSA) is 26.3 Å². The fourth-order valence-electron chi connectivity index (χ4n) is 1.23. The average molecular weight is 222 g/mol. The number of rotatable bonds is 10. The summed E-state index contributed by atoms with van der Waals surface area (Å²) in [6.45, 7) is 1.67. The molecule has 0 fully saturated rings.